The topological polar surface area (TPSA) is 50.3 Å². The van der Waals surface area contributed by atoms with Crippen molar-refractivity contribution >= 4 is 11.6 Å². The molecular weight excluding hydrogens is 228 g/mol. The zero-order valence-electron chi connectivity index (χ0n) is 11.7. The van der Waals surface area contributed by atoms with Crippen LogP contribution in [-0.4, -0.2) is 43.3 Å². The van der Waals surface area contributed by atoms with E-state index in [1.54, 1.807) is 7.11 Å². The maximum absolute atomic E-state index is 5.42. The third-order valence-corrected chi connectivity index (χ3v) is 3.50. The Hall–Kier alpha value is -1.36. The standard InChI is InChI=1S/C13H22N4O/c1-5-11-15-12(14-3)9(2)13(16-11)17-7-6-10(8-17)18-4/h10H,5-8H2,1-4H3,(H,14,15,16). The van der Waals surface area contributed by atoms with Gasteiger partial charge in [0.05, 0.1) is 6.10 Å². The largest absolute Gasteiger partial charge is 0.380 e. The van der Waals surface area contributed by atoms with Crippen molar-refractivity contribution in [2.75, 3.05) is 37.5 Å². The first kappa shape index (κ1) is 13.1. The number of hydrogen-bond donors (Lipinski definition) is 1. The highest BCUT2D eigenvalue weighted by molar-refractivity contribution is 5.59. The van der Waals surface area contributed by atoms with E-state index in [1.807, 2.05) is 7.05 Å². The van der Waals surface area contributed by atoms with Gasteiger partial charge in [0.25, 0.3) is 0 Å². The van der Waals surface area contributed by atoms with E-state index in [9.17, 15) is 0 Å². The molecule has 1 atom stereocenters. The summed E-state index contributed by atoms with van der Waals surface area (Å²) in [5.41, 5.74) is 1.12. The molecule has 1 aliphatic rings. The molecule has 2 rings (SSSR count). The van der Waals surface area contributed by atoms with Gasteiger partial charge in [0.1, 0.15) is 17.5 Å². The summed E-state index contributed by atoms with van der Waals surface area (Å²) in [6.07, 6.45) is 2.24. The number of aromatic nitrogens is 2. The molecule has 0 aliphatic carbocycles. The van der Waals surface area contributed by atoms with Gasteiger partial charge in [-0.25, -0.2) is 9.97 Å². The Morgan fingerprint density at radius 3 is 2.78 bits per heavy atom. The quantitative estimate of drug-likeness (QED) is 0.880. The van der Waals surface area contributed by atoms with Gasteiger partial charge in [0.15, 0.2) is 0 Å². The van der Waals surface area contributed by atoms with Crippen LogP contribution in [0.25, 0.3) is 0 Å². The van der Waals surface area contributed by atoms with E-state index in [1.165, 1.54) is 0 Å². The minimum atomic E-state index is 0.322. The zero-order valence-corrected chi connectivity index (χ0v) is 11.7. The van der Waals surface area contributed by atoms with E-state index in [4.69, 9.17) is 4.74 Å². The van der Waals surface area contributed by atoms with E-state index < -0.39 is 0 Å². The molecular formula is C13H22N4O. The Morgan fingerprint density at radius 2 is 2.22 bits per heavy atom. The second kappa shape index (κ2) is 5.52. The van der Waals surface area contributed by atoms with E-state index in [-0.39, 0.29) is 0 Å². The first-order valence-corrected chi connectivity index (χ1v) is 6.52. The predicted octanol–water partition coefficient (Wildman–Crippen LogP) is 1.61. The monoisotopic (exact) mass is 250 g/mol. The predicted molar refractivity (Wildman–Crippen MR) is 73.3 cm³/mol. The molecule has 0 bridgehead atoms. The summed E-state index contributed by atoms with van der Waals surface area (Å²) in [6, 6.07) is 0. The highest BCUT2D eigenvalue weighted by atomic mass is 16.5. The van der Waals surface area contributed by atoms with Gasteiger partial charge in [-0.2, -0.15) is 0 Å². The van der Waals surface area contributed by atoms with E-state index in [0.717, 1.165) is 49.0 Å². The number of methoxy groups -OCH3 is 1. The molecule has 1 N–H and O–H groups in total. The minimum absolute atomic E-state index is 0.322. The molecule has 1 unspecified atom stereocenters. The first-order chi connectivity index (χ1) is 8.69. The van der Waals surface area contributed by atoms with Crippen LogP contribution < -0.4 is 10.2 Å². The number of anilines is 2. The van der Waals surface area contributed by atoms with Crippen molar-refractivity contribution < 1.29 is 4.74 Å². The van der Waals surface area contributed by atoms with Crippen molar-refractivity contribution in [2.45, 2.75) is 32.8 Å². The smallest absolute Gasteiger partial charge is 0.137 e. The van der Waals surface area contributed by atoms with Gasteiger partial charge in [-0.15, -0.1) is 0 Å². The highest BCUT2D eigenvalue weighted by Gasteiger charge is 2.25. The molecule has 5 heteroatoms. The third-order valence-electron chi connectivity index (χ3n) is 3.50. The summed E-state index contributed by atoms with van der Waals surface area (Å²) in [6.45, 7) is 6.07. The molecule has 100 valence electrons. The maximum atomic E-state index is 5.42. The van der Waals surface area contributed by atoms with Gasteiger partial charge in [-0.05, 0) is 13.3 Å². The van der Waals surface area contributed by atoms with Crippen LogP contribution in [0.15, 0.2) is 0 Å². The van der Waals surface area contributed by atoms with Gasteiger partial charge in [-0.3, -0.25) is 0 Å². The maximum Gasteiger partial charge on any atom is 0.137 e. The molecule has 18 heavy (non-hydrogen) atoms. The van der Waals surface area contributed by atoms with Gasteiger partial charge < -0.3 is 15.0 Å². The summed E-state index contributed by atoms with van der Waals surface area (Å²) >= 11 is 0. The van der Waals surface area contributed by atoms with Crippen LogP contribution in [0.5, 0.6) is 0 Å². The Labute approximate surface area is 109 Å². The molecule has 0 aromatic carbocycles. The zero-order chi connectivity index (χ0) is 13.1. The Morgan fingerprint density at radius 1 is 1.44 bits per heavy atom. The first-order valence-electron chi connectivity index (χ1n) is 6.52. The number of nitrogens with zero attached hydrogens (tertiary/aromatic N) is 3. The molecule has 0 saturated carbocycles. The molecule has 0 radical (unpaired) electrons. The molecule has 1 fully saturated rings. The number of aryl methyl sites for hydroxylation is 1. The molecule has 1 aromatic heterocycles. The van der Waals surface area contributed by atoms with Gasteiger partial charge in [0.2, 0.25) is 0 Å². The van der Waals surface area contributed by atoms with E-state index in [2.05, 4.69) is 34.0 Å². The van der Waals surface area contributed by atoms with Gasteiger partial charge in [0, 0.05) is 39.2 Å². The fraction of sp³-hybridized carbons (Fsp3) is 0.692. The minimum Gasteiger partial charge on any atom is -0.380 e. The second-order valence-electron chi connectivity index (χ2n) is 4.63. The molecule has 2 heterocycles. The molecule has 0 spiro atoms. The number of nitrogens with one attached hydrogen (secondary N) is 1. The van der Waals surface area contributed by atoms with Crippen molar-refractivity contribution in [3.8, 4) is 0 Å². The lowest BCUT2D eigenvalue weighted by Gasteiger charge is -2.21. The van der Waals surface area contributed by atoms with Crippen LogP contribution in [0.4, 0.5) is 11.6 Å². The van der Waals surface area contributed by atoms with Crippen molar-refractivity contribution in [1.82, 2.24) is 9.97 Å². The summed E-state index contributed by atoms with van der Waals surface area (Å²) in [5.74, 6) is 2.87. The fourth-order valence-electron chi connectivity index (χ4n) is 2.37. The van der Waals surface area contributed by atoms with Crippen LogP contribution in [0.1, 0.15) is 24.7 Å². The van der Waals surface area contributed by atoms with E-state index >= 15 is 0 Å². The van der Waals surface area contributed by atoms with E-state index in [0.29, 0.717) is 6.10 Å². The van der Waals surface area contributed by atoms with Crippen LogP contribution >= 0.6 is 0 Å². The highest BCUT2D eigenvalue weighted by Crippen LogP contribution is 2.27. The van der Waals surface area contributed by atoms with Crippen LogP contribution in [0, 0.1) is 6.92 Å². The van der Waals surface area contributed by atoms with Crippen LogP contribution in [0.3, 0.4) is 0 Å². The normalized spacial score (nSPS) is 19.3. The fourth-order valence-corrected chi connectivity index (χ4v) is 2.37. The van der Waals surface area contributed by atoms with Crippen molar-refractivity contribution in [2.24, 2.45) is 0 Å². The lowest BCUT2D eigenvalue weighted by atomic mass is 10.2. The average Bonchev–Trinajstić information content (AvgIpc) is 2.87. The number of hydrogen-bond acceptors (Lipinski definition) is 5. The van der Waals surface area contributed by atoms with Gasteiger partial charge >= 0.3 is 0 Å². The molecule has 5 nitrogen and oxygen atoms in total. The summed E-state index contributed by atoms with van der Waals surface area (Å²) in [7, 11) is 3.68. The molecule has 1 saturated heterocycles. The van der Waals surface area contributed by atoms with Crippen LogP contribution in [-0.2, 0) is 11.2 Å². The van der Waals surface area contributed by atoms with Crippen LogP contribution in [0.2, 0.25) is 0 Å². The molecule has 0 amide bonds. The SMILES string of the molecule is CCc1nc(NC)c(C)c(N2CCC(OC)C2)n1. The average molecular weight is 250 g/mol. The lowest BCUT2D eigenvalue weighted by molar-refractivity contribution is 0.121. The third kappa shape index (κ3) is 2.41. The Kier molecular flexibility index (Phi) is 4.01. The lowest BCUT2D eigenvalue weighted by Crippen LogP contribution is -2.25. The van der Waals surface area contributed by atoms with Gasteiger partial charge in [-0.1, -0.05) is 6.92 Å². The van der Waals surface area contributed by atoms with Crippen molar-refractivity contribution in [3.05, 3.63) is 11.4 Å². The van der Waals surface area contributed by atoms with Crippen molar-refractivity contribution in [3.63, 3.8) is 0 Å². The van der Waals surface area contributed by atoms with Crippen molar-refractivity contribution in [1.29, 1.82) is 0 Å². The summed E-state index contributed by atoms with van der Waals surface area (Å²) in [5, 5.41) is 3.15. The Bertz CT molecular complexity index is 422. The number of rotatable bonds is 4. The summed E-state index contributed by atoms with van der Waals surface area (Å²) in [4.78, 5) is 11.5. The molecule has 1 aliphatic heterocycles. The summed E-state index contributed by atoms with van der Waals surface area (Å²) < 4.78 is 5.42. The Balaban J connectivity index is 2.31. The second-order valence-corrected chi connectivity index (χ2v) is 4.63. The number of ether oxygens (including phenoxy) is 1. The molecule has 1 aromatic rings.